The van der Waals surface area contributed by atoms with E-state index in [1.807, 2.05) is 53.1 Å². The van der Waals surface area contributed by atoms with Crippen molar-refractivity contribution in [3.63, 3.8) is 0 Å². The van der Waals surface area contributed by atoms with Crippen molar-refractivity contribution in [2.45, 2.75) is 18.6 Å². The second kappa shape index (κ2) is 6.01. The highest BCUT2D eigenvalue weighted by Gasteiger charge is 2.22. The molecule has 5 heteroatoms. The second-order valence-electron chi connectivity index (χ2n) is 6.01. The van der Waals surface area contributed by atoms with Crippen molar-refractivity contribution < 1.29 is 8.42 Å². The van der Waals surface area contributed by atoms with Gasteiger partial charge in [-0.3, -0.25) is 0 Å². The van der Waals surface area contributed by atoms with Crippen molar-refractivity contribution in [3.8, 4) is 0 Å². The fourth-order valence-electron chi connectivity index (χ4n) is 3.17. The largest absolute Gasteiger partial charge is 0.310 e. The number of para-hydroxylation sites is 2. The summed E-state index contributed by atoms with van der Waals surface area (Å²) in [6, 6.07) is 21.8. The lowest BCUT2D eigenvalue weighted by molar-refractivity contribution is 0.577. The van der Waals surface area contributed by atoms with Gasteiger partial charge >= 0.3 is 0 Å². The first kappa shape index (κ1) is 15.8. The molecule has 0 saturated carbocycles. The minimum Gasteiger partial charge on any atom is -0.310 e. The third kappa shape index (κ3) is 2.70. The Balaban J connectivity index is 1.96. The van der Waals surface area contributed by atoms with E-state index in [1.54, 1.807) is 6.92 Å². The van der Waals surface area contributed by atoms with Gasteiger partial charge in [0.1, 0.15) is 0 Å². The summed E-state index contributed by atoms with van der Waals surface area (Å²) in [5, 5.41) is 2.41. The fourth-order valence-corrected chi connectivity index (χ4v) is 4.17. The van der Waals surface area contributed by atoms with Crippen LogP contribution >= 0.6 is 0 Å². The lowest BCUT2D eigenvalue weighted by Crippen LogP contribution is -2.13. The van der Waals surface area contributed by atoms with E-state index >= 15 is 0 Å². The smallest absolute Gasteiger partial charge is 0.229 e. The number of benzene rings is 3. The van der Waals surface area contributed by atoms with Gasteiger partial charge in [0.15, 0.2) is 0 Å². The zero-order chi connectivity index (χ0) is 17.4. The highest BCUT2D eigenvalue weighted by Crippen LogP contribution is 2.25. The predicted molar refractivity (Wildman–Crippen MR) is 101 cm³/mol. The fraction of sp³-hybridized carbons (Fsp3) is 0.150. The lowest BCUT2D eigenvalue weighted by Gasteiger charge is -2.11. The second-order valence-corrected chi connectivity index (χ2v) is 8.18. The van der Waals surface area contributed by atoms with Crippen LogP contribution in [0.3, 0.4) is 0 Å². The zero-order valence-corrected chi connectivity index (χ0v) is 14.7. The molecule has 0 N–H and O–H groups in total. The number of hydrogen-bond donors (Lipinski definition) is 0. The molecule has 0 spiro atoms. The molecule has 4 rings (SSSR count). The SMILES string of the molecule is CCS(=O)(=O)c1nc2ccccc2n1Cc1cccc2ccccc12. The van der Waals surface area contributed by atoms with Gasteiger partial charge in [-0.1, -0.05) is 61.5 Å². The van der Waals surface area contributed by atoms with E-state index in [9.17, 15) is 8.42 Å². The molecule has 1 aromatic heterocycles. The maximum absolute atomic E-state index is 12.6. The summed E-state index contributed by atoms with van der Waals surface area (Å²) in [6.45, 7) is 2.12. The molecule has 0 amide bonds. The Morgan fingerprint density at radius 1 is 0.920 bits per heavy atom. The average Bonchev–Trinajstić information content (AvgIpc) is 3.02. The van der Waals surface area contributed by atoms with Crippen molar-refractivity contribution in [1.82, 2.24) is 9.55 Å². The van der Waals surface area contributed by atoms with Gasteiger partial charge in [0.05, 0.1) is 23.3 Å². The summed E-state index contributed by atoms with van der Waals surface area (Å²) in [5.41, 5.74) is 2.62. The molecule has 126 valence electrons. The Morgan fingerprint density at radius 3 is 2.48 bits per heavy atom. The number of nitrogens with zero attached hydrogens (tertiary/aromatic N) is 2. The molecular formula is C20H18N2O2S. The minimum atomic E-state index is -3.41. The van der Waals surface area contributed by atoms with Crippen molar-refractivity contribution in [2.24, 2.45) is 0 Å². The Hall–Kier alpha value is -2.66. The van der Waals surface area contributed by atoms with Crippen LogP contribution in [0.5, 0.6) is 0 Å². The molecule has 3 aromatic carbocycles. The van der Waals surface area contributed by atoms with Crippen LogP contribution in [0.2, 0.25) is 0 Å². The molecule has 0 atom stereocenters. The quantitative estimate of drug-likeness (QED) is 0.558. The number of sulfone groups is 1. The summed E-state index contributed by atoms with van der Waals surface area (Å²) in [6.07, 6.45) is 0. The maximum Gasteiger partial charge on any atom is 0.229 e. The number of fused-ring (bicyclic) bond motifs is 2. The Morgan fingerprint density at radius 2 is 1.64 bits per heavy atom. The molecule has 0 aliphatic heterocycles. The Bertz CT molecular complexity index is 1170. The van der Waals surface area contributed by atoms with Crippen LogP contribution in [0.1, 0.15) is 12.5 Å². The van der Waals surface area contributed by atoms with E-state index in [0.717, 1.165) is 21.9 Å². The van der Waals surface area contributed by atoms with Crippen molar-refractivity contribution in [2.75, 3.05) is 5.75 Å². The number of imidazole rings is 1. The van der Waals surface area contributed by atoms with Crippen LogP contribution in [0.25, 0.3) is 21.8 Å². The first-order valence-corrected chi connectivity index (χ1v) is 9.90. The maximum atomic E-state index is 12.6. The van der Waals surface area contributed by atoms with Gasteiger partial charge in [-0.2, -0.15) is 0 Å². The summed E-state index contributed by atoms with van der Waals surface area (Å²) in [4.78, 5) is 4.41. The van der Waals surface area contributed by atoms with Crippen LogP contribution < -0.4 is 0 Å². The molecule has 4 aromatic rings. The number of aromatic nitrogens is 2. The molecule has 1 heterocycles. The lowest BCUT2D eigenvalue weighted by atomic mass is 10.0. The predicted octanol–water partition coefficient (Wildman–Crippen LogP) is 4.03. The van der Waals surface area contributed by atoms with E-state index in [1.165, 1.54) is 0 Å². The van der Waals surface area contributed by atoms with Gasteiger partial charge in [0.25, 0.3) is 0 Å². The van der Waals surface area contributed by atoms with E-state index in [0.29, 0.717) is 12.1 Å². The normalized spacial score (nSPS) is 12.0. The van der Waals surface area contributed by atoms with Crippen LogP contribution in [0.15, 0.2) is 71.9 Å². The van der Waals surface area contributed by atoms with Crippen molar-refractivity contribution in [3.05, 3.63) is 72.3 Å². The summed E-state index contributed by atoms with van der Waals surface area (Å²) in [7, 11) is -3.41. The van der Waals surface area contributed by atoms with E-state index in [2.05, 4.69) is 23.2 Å². The van der Waals surface area contributed by atoms with Gasteiger partial charge in [-0.05, 0) is 28.5 Å². The molecule has 0 radical (unpaired) electrons. The molecule has 0 bridgehead atoms. The molecule has 0 fully saturated rings. The van der Waals surface area contributed by atoms with Gasteiger partial charge in [-0.25, -0.2) is 13.4 Å². The van der Waals surface area contributed by atoms with Crippen LogP contribution in [-0.2, 0) is 16.4 Å². The van der Waals surface area contributed by atoms with E-state index in [-0.39, 0.29) is 10.9 Å². The summed E-state index contributed by atoms with van der Waals surface area (Å²) >= 11 is 0. The van der Waals surface area contributed by atoms with Crippen molar-refractivity contribution >= 4 is 31.6 Å². The minimum absolute atomic E-state index is 0.0336. The van der Waals surface area contributed by atoms with Gasteiger partial charge in [0, 0.05) is 0 Å². The van der Waals surface area contributed by atoms with E-state index in [4.69, 9.17) is 0 Å². The topological polar surface area (TPSA) is 52.0 Å². The molecule has 4 nitrogen and oxygen atoms in total. The van der Waals surface area contributed by atoms with Gasteiger partial charge in [-0.15, -0.1) is 0 Å². The Labute approximate surface area is 146 Å². The number of rotatable bonds is 4. The zero-order valence-electron chi connectivity index (χ0n) is 13.9. The summed E-state index contributed by atoms with van der Waals surface area (Å²) in [5.74, 6) is 0.0336. The number of hydrogen-bond acceptors (Lipinski definition) is 3. The highest BCUT2D eigenvalue weighted by molar-refractivity contribution is 7.91. The first-order valence-electron chi connectivity index (χ1n) is 8.25. The molecule has 0 aliphatic rings. The first-order chi connectivity index (χ1) is 12.1. The van der Waals surface area contributed by atoms with Gasteiger partial charge < -0.3 is 4.57 Å². The van der Waals surface area contributed by atoms with Gasteiger partial charge in [0.2, 0.25) is 15.0 Å². The Kier molecular flexibility index (Phi) is 3.81. The molecular weight excluding hydrogens is 332 g/mol. The van der Waals surface area contributed by atoms with Crippen molar-refractivity contribution in [1.29, 1.82) is 0 Å². The monoisotopic (exact) mass is 350 g/mol. The third-order valence-electron chi connectivity index (χ3n) is 4.49. The van der Waals surface area contributed by atoms with Crippen LogP contribution in [0.4, 0.5) is 0 Å². The van der Waals surface area contributed by atoms with Crippen LogP contribution in [-0.4, -0.2) is 23.7 Å². The summed E-state index contributed by atoms with van der Waals surface area (Å²) < 4.78 is 26.9. The molecule has 0 saturated heterocycles. The third-order valence-corrected chi connectivity index (χ3v) is 6.11. The standard InChI is InChI=1S/C20H18N2O2S/c1-2-25(23,24)20-21-18-12-5-6-13-19(18)22(20)14-16-10-7-9-15-8-3-4-11-17(15)16/h3-13H,2,14H2,1H3. The molecule has 0 unspecified atom stereocenters. The van der Waals surface area contributed by atoms with Crippen LogP contribution in [0, 0.1) is 0 Å². The highest BCUT2D eigenvalue weighted by atomic mass is 32.2. The molecule has 25 heavy (non-hydrogen) atoms. The van der Waals surface area contributed by atoms with E-state index < -0.39 is 9.84 Å². The molecule has 0 aliphatic carbocycles. The average molecular weight is 350 g/mol.